The molecule has 0 aliphatic heterocycles. The molecule has 0 saturated carbocycles. The number of hydrogen-bond donors (Lipinski definition) is 1. The van der Waals surface area contributed by atoms with Crippen LogP contribution in [0.15, 0.2) is 24.5 Å². The number of rotatable bonds is 1. The van der Waals surface area contributed by atoms with Crippen molar-refractivity contribution in [2.24, 2.45) is 0 Å². The molecule has 4 nitrogen and oxygen atoms in total. The summed E-state index contributed by atoms with van der Waals surface area (Å²) in [5, 5.41) is 9.02. The Labute approximate surface area is 94.0 Å². The van der Waals surface area contributed by atoms with Crippen LogP contribution in [-0.2, 0) is 0 Å². The molecule has 4 heteroatoms. The zero-order valence-corrected chi connectivity index (χ0v) is 9.23. The third-order valence-electron chi connectivity index (χ3n) is 2.77. The van der Waals surface area contributed by atoms with Crippen molar-refractivity contribution in [3.05, 3.63) is 41.3 Å². The maximum atomic E-state index is 9.02. The predicted octanol–water partition coefficient (Wildman–Crippen LogP) is 1.94. The molecule has 16 heavy (non-hydrogen) atoms. The monoisotopic (exact) mass is 212 g/mol. The highest BCUT2D eigenvalue weighted by molar-refractivity contribution is 5.61. The summed E-state index contributed by atoms with van der Waals surface area (Å²) in [5.74, 6) is 0.477. The van der Waals surface area contributed by atoms with Crippen molar-refractivity contribution < 1.29 is 0 Å². The maximum absolute atomic E-state index is 9.02. The summed E-state index contributed by atoms with van der Waals surface area (Å²) in [4.78, 5) is 4.05. The Morgan fingerprint density at radius 2 is 2.19 bits per heavy atom. The van der Waals surface area contributed by atoms with Crippen molar-refractivity contribution in [3.8, 4) is 11.8 Å². The van der Waals surface area contributed by atoms with Crippen LogP contribution in [0.4, 0.5) is 5.82 Å². The van der Waals surface area contributed by atoms with E-state index in [0.29, 0.717) is 11.4 Å². The molecule has 0 spiro atoms. The summed E-state index contributed by atoms with van der Waals surface area (Å²) in [6, 6.07) is 5.88. The molecule has 0 amide bonds. The molecule has 0 fully saturated rings. The molecule has 0 aliphatic rings. The van der Waals surface area contributed by atoms with E-state index >= 15 is 0 Å². The van der Waals surface area contributed by atoms with E-state index in [9.17, 15) is 0 Å². The molecule has 0 saturated heterocycles. The average Bonchev–Trinajstić information content (AvgIpc) is 2.51. The molecule has 2 aromatic heterocycles. The van der Waals surface area contributed by atoms with Gasteiger partial charge < -0.3 is 5.73 Å². The summed E-state index contributed by atoms with van der Waals surface area (Å²) in [5.41, 5.74) is 9.27. The number of anilines is 1. The van der Waals surface area contributed by atoms with Crippen LogP contribution in [-0.4, -0.2) is 9.55 Å². The fraction of sp³-hybridized carbons (Fsp3) is 0.167. The Morgan fingerprint density at radius 1 is 1.44 bits per heavy atom. The van der Waals surface area contributed by atoms with E-state index in [1.165, 1.54) is 0 Å². The van der Waals surface area contributed by atoms with Crippen molar-refractivity contribution in [3.63, 3.8) is 0 Å². The number of aromatic nitrogens is 2. The molecule has 2 aromatic rings. The van der Waals surface area contributed by atoms with Gasteiger partial charge in [0.15, 0.2) is 0 Å². The van der Waals surface area contributed by atoms with Gasteiger partial charge in [-0.2, -0.15) is 5.26 Å². The zero-order chi connectivity index (χ0) is 11.7. The van der Waals surface area contributed by atoms with Crippen LogP contribution < -0.4 is 5.73 Å². The summed E-state index contributed by atoms with van der Waals surface area (Å²) in [6.45, 7) is 3.84. The Morgan fingerprint density at radius 3 is 2.69 bits per heavy atom. The lowest BCUT2D eigenvalue weighted by molar-refractivity contribution is 1.00. The Kier molecular flexibility index (Phi) is 2.37. The Balaban J connectivity index is 2.73. The first-order chi connectivity index (χ1) is 7.66. The lowest BCUT2D eigenvalue weighted by Crippen LogP contribution is -2.02. The molecule has 2 rings (SSSR count). The molecule has 0 unspecified atom stereocenters. The summed E-state index contributed by atoms with van der Waals surface area (Å²) < 4.78 is 1.85. The fourth-order valence-electron chi connectivity index (χ4n) is 1.79. The number of pyridine rings is 1. The van der Waals surface area contributed by atoms with Gasteiger partial charge >= 0.3 is 0 Å². The molecule has 0 bridgehead atoms. The minimum atomic E-state index is 0.477. The van der Waals surface area contributed by atoms with Gasteiger partial charge in [-0.05, 0) is 31.5 Å². The summed E-state index contributed by atoms with van der Waals surface area (Å²) >= 11 is 0. The molecule has 2 N–H and O–H groups in total. The number of nitrogens with zero attached hydrogens (tertiary/aromatic N) is 3. The minimum absolute atomic E-state index is 0.477. The first-order valence-electron chi connectivity index (χ1n) is 4.94. The highest BCUT2D eigenvalue weighted by atomic mass is 15.1. The van der Waals surface area contributed by atoms with E-state index < -0.39 is 0 Å². The van der Waals surface area contributed by atoms with Crippen LogP contribution in [0.25, 0.3) is 5.69 Å². The smallest absolute Gasteiger partial charge is 0.126 e. The van der Waals surface area contributed by atoms with Crippen molar-refractivity contribution in [2.45, 2.75) is 13.8 Å². The van der Waals surface area contributed by atoms with Crippen LogP contribution in [0, 0.1) is 25.2 Å². The largest absolute Gasteiger partial charge is 0.384 e. The van der Waals surface area contributed by atoms with Crippen LogP contribution >= 0.6 is 0 Å². The van der Waals surface area contributed by atoms with E-state index in [1.54, 1.807) is 12.4 Å². The van der Waals surface area contributed by atoms with Crippen molar-refractivity contribution in [2.75, 3.05) is 5.73 Å². The third kappa shape index (κ3) is 1.34. The molecule has 2 heterocycles. The average molecular weight is 212 g/mol. The van der Waals surface area contributed by atoms with Gasteiger partial charge in [0.25, 0.3) is 0 Å². The number of nitrogen functional groups attached to an aromatic ring is 1. The molecule has 80 valence electrons. The zero-order valence-electron chi connectivity index (χ0n) is 9.23. The van der Waals surface area contributed by atoms with Crippen LogP contribution in [0.2, 0.25) is 0 Å². The van der Waals surface area contributed by atoms with Crippen molar-refractivity contribution in [1.29, 1.82) is 5.26 Å². The van der Waals surface area contributed by atoms with E-state index in [2.05, 4.69) is 11.1 Å². The quantitative estimate of drug-likeness (QED) is 0.785. The van der Waals surface area contributed by atoms with Gasteiger partial charge in [-0.25, -0.2) is 0 Å². The highest BCUT2D eigenvalue weighted by Crippen LogP contribution is 2.26. The van der Waals surface area contributed by atoms with Gasteiger partial charge in [-0.15, -0.1) is 0 Å². The Hall–Kier alpha value is -2.28. The van der Waals surface area contributed by atoms with E-state index in [0.717, 1.165) is 16.9 Å². The van der Waals surface area contributed by atoms with Crippen molar-refractivity contribution in [1.82, 2.24) is 9.55 Å². The SMILES string of the molecule is Cc1c(C#N)c(N)n(-c2cccnc2)c1C. The van der Waals surface area contributed by atoms with Gasteiger partial charge in [-0.1, -0.05) is 0 Å². The predicted molar refractivity (Wildman–Crippen MR) is 62.2 cm³/mol. The summed E-state index contributed by atoms with van der Waals surface area (Å²) in [7, 11) is 0. The number of hydrogen-bond acceptors (Lipinski definition) is 3. The van der Waals surface area contributed by atoms with E-state index in [-0.39, 0.29) is 0 Å². The van der Waals surface area contributed by atoms with Gasteiger partial charge in [0, 0.05) is 11.9 Å². The lowest BCUT2D eigenvalue weighted by Gasteiger charge is -2.07. The highest BCUT2D eigenvalue weighted by Gasteiger charge is 2.15. The van der Waals surface area contributed by atoms with Gasteiger partial charge in [0.05, 0.1) is 17.4 Å². The standard InChI is InChI=1S/C12H12N4/c1-8-9(2)16(12(14)11(8)6-13)10-4-3-5-15-7-10/h3-5,7H,14H2,1-2H3. The minimum Gasteiger partial charge on any atom is -0.384 e. The fourth-order valence-corrected chi connectivity index (χ4v) is 1.79. The number of nitriles is 1. The van der Waals surface area contributed by atoms with Gasteiger partial charge in [-0.3, -0.25) is 9.55 Å². The van der Waals surface area contributed by atoms with Crippen LogP contribution in [0.5, 0.6) is 0 Å². The van der Waals surface area contributed by atoms with Gasteiger partial charge in [0.2, 0.25) is 0 Å². The normalized spacial score (nSPS) is 10.1. The second-order valence-electron chi connectivity index (χ2n) is 3.63. The molecule has 0 atom stereocenters. The van der Waals surface area contributed by atoms with E-state index in [4.69, 9.17) is 11.0 Å². The first-order valence-corrected chi connectivity index (χ1v) is 4.94. The summed E-state index contributed by atoms with van der Waals surface area (Å²) in [6.07, 6.45) is 3.43. The van der Waals surface area contributed by atoms with Crippen LogP contribution in [0.3, 0.4) is 0 Å². The Bertz CT molecular complexity index is 561. The molecular weight excluding hydrogens is 200 g/mol. The molecular formula is C12H12N4. The second kappa shape index (κ2) is 3.70. The van der Waals surface area contributed by atoms with Crippen LogP contribution in [0.1, 0.15) is 16.8 Å². The van der Waals surface area contributed by atoms with E-state index in [1.807, 2.05) is 30.5 Å². The topological polar surface area (TPSA) is 67.6 Å². The molecule has 0 aromatic carbocycles. The number of nitrogens with two attached hydrogens (primary N) is 1. The molecule has 0 radical (unpaired) electrons. The molecule has 0 aliphatic carbocycles. The third-order valence-corrected chi connectivity index (χ3v) is 2.77. The van der Waals surface area contributed by atoms with Crippen molar-refractivity contribution >= 4 is 5.82 Å². The first kappa shape index (κ1) is 10.2. The maximum Gasteiger partial charge on any atom is 0.126 e. The lowest BCUT2D eigenvalue weighted by atomic mass is 10.2. The van der Waals surface area contributed by atoms with Gasteiger partial charge in [0.1, 0.15) is 11.9 Å². The second-order valence-corrected chi connectivity index (χ2v) is 3.63.